The molecule has 7 heteroatoms. The molecule has 2 aliphatic carbocycles. The van der Waals surface area contributed by atoms with Crippen LogP contribution in [-0.2, 0) is 16.1 Å². The Morgan fingerprint density at radius 3 is 2.55 bits per heavy atom. The van der Waals surface area contributed by atoms with Crippen LogP contribution in [-0.4, -0.2) is 47.1 Å². The molecule has 1 aromatic carbocycles. The largest absolute Gasteiger partial charge is 0.385 e. The van der Waals surface area contributed by atoms with E-state index in [9.17, 15) is 4.79 Å². The highest BCUT2D eigenvalue weighted by Gasteiger charge is 2.36. The van der Waals surface area contributed by atoms with Crippen molar-refractivity contribution in [3.63, 3.8) is 0 Å². The van der Waals surface area contributed by atoms with E-state index >= 15 is 0 Å². The summed E-state index contributed by atoms with van der Waals surface area (Å²) >= 11 is 0. The Morgan fingerprint density at radius 1 is 1.27 bits per heavy atom. The van der Waals surface area contributed by atoms with Gasteiger partial charge >= 0.3 is 0 Å². The number of benzene rings is 1. The van der Waals surface area contributed by atoms with E-state index < -0.39 is 0 Å². The molecule has 2 bridgehead atoms. The molecule has 0 spiro atoms. The van der Waals surface area contributed by atoms with E-state index in [1.807, 2.05) is 42.2 Å². The highest BCUT2D eigenvalue weighted by molar-refractivity contribution is 5.94. The minimum atomic E-state index is -0.0369. The zero-order chi connectivity index (χ0) is 29.1. The van der Waals surface area contributed by atoms with Crippen LogP contribution in [0.3, 0.4) is 0 Å². The smallest absolute Gasteiger partial charge is 0.246 e. The second-order valence-corrected chi connectivity index (χ2v) is 12.4. The van der Waals surface area contributed by atoms with Crippen molar-refractivity contribution in [1.29, 1.82) is 0 Å². The Morgan fingerprint density at radius 2 is 2.02 bits per heavy atom. The molecule has 2 fully saturated rings. The average Bonchev–Trinajstić information content (AvgIpc) is 3.64. The lowest BCUT2D eigenvalue weighted by atomic mass is 9.91. The zero-order valence-electron chi connectivity index (χ0n) is 25.4. The van der Waals surface area contributed by atoms with Gasteiger partial charge in [0, 0.05) is 45.3 Å². The lowest BCUT2D eigenvalue weighted by Crippen LogP contribution is -2.31. The Kier molecular flexibility index (Phi) is 11.7. The first-order valence-corrected chi connectivity index (χ1v) is 14.6. The zero-order valence-corrected chi connectivity index (χ0v) is 25.4. The predicted octanol–water partition coefficient (Wildman–Crippen LogP) is 5.74. The van der Waals surface area contributed by atoms with Crippen LogP contribution >= 0.6 is 0 Å². The molecule has 220 valence electrons. The topological polar surface area (TPSA) is 82.6 Å². The maximum atomic E-state index is 12.7. The number of carbonyl (C=O) groups is 1. The first-order valence-electron chi connectivity index (χ1n) is 14.6. The molecule has 1 amide bonds. The van der Waals surface area contributed by atoms with Crippen LogP contribution in [0.1, 0.15) is 73.7 Å². The number of aromatic nitrogens is 2. The third-order valence-corrected chi connectivity index (χ3v) is 7.71. The average molecular weight is 550 g/mol. The standard InChI is InChI=1S/C25H35N5O2.C8H14.H2/c1-19-22(17-27-29-19)16-26-20(2)28-23-10-8-21(9-11-23)18-30(14-7-15-32-6)24(31)12-13-25(3,4)5;1-6-4-7-2-3-8(6)5-7;/h8-13,16-17,29H,1,7,14-15,18H2,2-6H3,(H,26,28);6-8H,2-5H2,1H3;1H/b13-12-,22-16-;;/t;6-,7-,8?;/m.0./s1. The van der Waals surface area contributed by atoms with Crippen LogP contribution in [0, 0.1) is 23.2 Å². The molecular weight excluding hydrogens is 498 g/mol. The predicted molar refractivity (Wildman–Crippen MR) is 168 cm³/mol. The van der Waals surface area contributed by atoms with E-state index in [1.165, 1.54) is 0 Å². The summed E-state index contributed by atoms with van der Waals surface area (Å²) in [5, 5.41) is 11.6. The number of hydrogen-bond acceptors (Lipinski definition) is 4. The van der Waals surface area contributed by atoms with Crippen molar-refractivity contribution in [2.75, 3.05) is 25.6 Å². The molecule has 40 heavy (non-hydrogen) atoms. The van der Waals surface area contributed by atoms with Gasteiger partial charge in [0.25, 0.3) is 0 Å². The van der Waals surface area contributed by atoms with Gasteiger partial charge in [0.1, 0.15) is 5.84 Å². The molecule has 2 N–H and O–H groups in total. The molecule has 3 atom stereocenters. The molecule has 0 aliphatic heterocycles. The number of aromatic amines is 1. The Hall–Kier alpha value is -3.19. The molecule has 2 aliphatic rings. The van der Waals surface area contributed by atoms with Crippen LogP contribution in [0.25, 0.3) is 12.8 Å². The van der Waals surface area contributed by atoms with Crippen LogP contribution in [0.15, 0.2) is 47.6 Å². The number of fused-ring (bicyclic) bond motifs is 2. The van der Waals surface area contributed by atoms with E-state index in [1.54, 1.807) is 51.3 Å². The minimum Gasteiger partial charge on any atom is -0.385 e. The van der Waals surface area contributed by atoms with E-state index in [4.69, 9.17) is 4.74 Å². The maximum absolute atomic E-state index is 12.7. The molecular formula is C33H51N5O2. The first kappa shape index (κ1) is 31.3. The quantitative estimate of drug-likeness (QED) is 0.181. The van der Waals surface area contributed by atoms with Gasteiger partial charge in [-0.2, -0.15) is 5.10 Å². The van der Waals surface area contributed by atoms with Crippen LogP contribution < -0.4 is 15.9 Å². The number of nitrogens with one attached hydrogen (secondary N) is 2. The van der Waals surface area contributed by atoms with Crippen LogP contribution in [0.4, 0.5) is 5.69 Å². The maximum Gasteiger partial charge on any atom is 0.246 e. The van der Waals surface area contributed by atoms with Gasteiger partial charge in [0.2, 0.25) is 5.91 Å². The monoisotopic (exact) mass is 549 g/mol. The Balaban J connectivity index is 0.000000552. The summed E-state index contributed by atoms with van der Waals surface area (Å²) in [5.41, 5.74) is 1.95. The summed E-state index contributed by atoms with van der Waals surface area (Å²) in [6.07, 6.45) is 14.0. The summed E-state index contributed by atoms with van der Waals surface area (Å²) in [5.74, 6) is 4.13. The number of allylic oxidation sites excluding steroid dienone is 1. The van der Waals surface area contributed by atoms with Gasteiger partial charge in [-0.15, -0.1) is 0 Å². The lowest BCUT2D eigenvalue weighted by Gasteiger charge is -2.22. The number of anilines is 1. The normalized spacial score (nSPS) is 21.0. The van der Waals surface area contributed by atoms with E-state index in [0.29, 0.717) is 19.7 Å². The highest BCUT2D eigenvalue weighted by atomic mass is 16.5. The molecule has 1 unspecified atom stereocenters. The van der Waals surface area contributed by atoms with Gasteiger partial charge in [0.05, 0.1) is 11.5 Å². The number of H-pyrrole nitrogens is 1. The number of nitrogens with zero attached hydrogens (tertiary/aromatic N) is 3. The summed E-state index contributed by atoms with van der Waals surface area (Å²) in [6, 6.07) is 8.02. The second kappa shape index (κ2) is 15.0. The van der Waals surface area contributed by atoms with Gasteiger partial charge in [0.15, 0.2) is 0 Å². The first-order chi connectivity index (χ1) is 19.0. The van der Waals surface area contributed by atoms with Crippen molar-refractivity contribution < 1.29 is 11.0 Å². The van der Waals surface area contributed by atoms with E-state index in [0.717, 1.165) is 51.8 Å². The van der Waals surface area contributed by atoms with Crippen LogP contribution in [0.2, 0.25) is 0 Å². The molecule has 2 saturated carbocycles. The van der Waals surface area contributed by atoms with Gasteiger partial charge in [-0.05, 0) is 79.5 Å². The molecule has 0 saturated heterocycles. The van der Waals surface area contributed by atoms with Gasteiger partial charge < -0.3 is 15.0 Å². The number of methoxy groups -OCH3 is 1. The molecule has 0 radical (unpaired) electrons. The number of rotatable bonds is 9. The molecule has 2 aromatic rings. The lowest BCUT2D eigenvalue weighted by molar-refractivity contribution is -0.126. The van der Waals surface area contributed by atoms with E-state index in [2.05, 4.69) is 54.8 Å². The minimum absolute atomic E-state index is 0. The third kappa shape index (κ3) is 10.4. The molecule has 7 nitrogen and oxygen atoms in total. The third-order valence-electron chi connectivity index (χ3n) is 7.71. The van der Waals surface area contributed by atoms with Crippen molar-refractivity contribution in [1.82, 2.24) is 15.1 Å². The summed E-state index contributed by atoms with van der Waals surface area (Å²) in [4.78, 5) is 19.0. The fourth-order valence-electron chi connectivity index (χ4n) is 5.41. The summed E-state index contributed by atoms with van der Waals surface area (Å²) in [7, 11) is 1.67. The van der Waals surface area contributed by atoms with Crippen molar-refractivity contribution >= 4 is 30.2 Å². The fourth-order valence-corrected chi connectivity index (χ4v) is 5.41. The highest BCUT2D eigenvalue weighted by Crippen LogP contribution is 2.47. The number of amides is 1. The number of hydrogen-bond donors (Lipinski definition) is 2. The van der Waals surface area contributed by atoms with Crippen LogP contribution in [0.5, 0.6) is 0 Å². The van der Waals surface area contributed by atoms with E-state index in [-0.39, 0.29) is 12.7 Å². The molecule has 4 rings (SSSR count). The Labute approximate surface area is 242 Å². The SMILES string of the molecule is C=c1[nH]nc/c1=C/N=C(C)Nc1ccc(CN(CCCOC)C(=O)/C=C\C(C)(C)C)cc1.C[C@H]1C[C@@H]2CCC1C2.[HH]. The number of amidine groups is 1. The number of ether oxygens (including phenoxy) is 1. The number of aliphatic imine (C=N–C) groups is 1. The van der Waals surface area contributed by atoms with Crippen molar-refractivity contribution in [3.05, 3.63) is 58.7 Å². The summed E-state index contributed by atoms with van der Waals surface area (Å²) in [6.45, 7) is 16.2. The van der Waals surface area contributed by atoms with Gasteiger partial charge in [-0.3, -0.25) is 9.89 Å². The van der Waals surface area contributed by atoms with Crippen molar-refractivity contribution in [2.24, 2.45) is 28.2 Å². The molecule has 1 heterocycles. The fraction of sp³-hybridized carbons (Fsp3) is 0.545. The van der Waals surface area contributed by atoms with Crippen molar-refractivity contribution in [2.45, 2.75) is 73.3 Å². The second-order valence-electron chi connectivity index (χ2n) is 12.4. The number of carbonyl (C=O) groups excluding carboxylic acids is 1. The van der Waals surface area contributed by atoms with Crippen molar-refractivity contribution in [3.8, 4) is 0 Å². The van der Waals surface area contributed by atoms with Gasteiger partial charge in [-0.1, -0.05) is 58.9 Å². The summed E-state index contributed by atoms with van der Waals surface area (Å²) < 4.78 is 5.15. The van der Waals surface area contributed by atoms with Gasteiger partial charge in [-0.25, -0.2) is 4.99 Å². The Bertz CT molecular complexity index is 1240. The molecule has 1 aromatic heterocycles.